The Morgan fingerprint density at radius 2 is 1.79 bits per heavy atom. The molecule has 43 heavy (non-hydrogen) atoms. The van der Waals surface area contributed by atoms with Gasteiger partial charge in [0.1, 0.15) is 5.75 Å². The van der Waals surface area contributed by atoms with Crippen molar-refractivity contribution in [3.63, 3.8) is 0 Å². The minimum Gasteiger partial charge on any atom is -0.494 e. The fraction of sp³-hybridized carbons (Fsp3) is 0.312. The number of aliphatic imine (C=N–C) groups is 1. The number of ether oxygens (including phenoxy) is 5. The van der Waals surface area contributed by atoms with Crippen molar-refractivity contribution < 1.29 is 33.6 Å². The highest BCUT2D eigenvalue weighted by molar-refractivity contribution is 9.10. The molecule has 0 unspecified atom stereocenters. The lowest BCUT2D eigenvalue weighted by molar-refractivity contribution is -0.130. The van der Waals surface area contributed by atoms with Gasteiger partial charge in [0.2, 0.25) is 11.6 Å². The molecular weight excluding hydrogens is 618 g/mol. The molecule has 4 rings (SSSR count). The zero-order chi connectivity index (χ0) is 30.8. The summed E-state index contributed by atoms with van der Waals surface area (Å²) in [5, 5.41) is 9.01. The molecule has 0 aromatic heterocycles. The number of carbonyl (C=O) groups is 1. The van der Waals surface area contributed by atoms with Crippen LogP contribution in [-0.2, 0) is 16.1 Å². The van der Waals surface area contributed by atoms with Crippen molar-refractivity contribution in [1.82, 2.24) is 10.9 Å². The predicted octanol–water partition coefficient (Wildman–Crippen LogP) is 4.89. The van der Waals surface area contributed by atoms with Gasteiger partial charge in [0.15, 0.2) is 23.1 Å². The number of amides is 1. The first-order valence-corrected chi connectivity index (χ1v) is 14.5. The van der Waals surface area contributed by atoms with Crippen LogP contribution in [0.3, 0.4) is 0 Å². The number of hydrogen-bond acceptors (Lipinski definition) is 9. The molecule has 10 nitrogen and oxygen atoms in total. The fourth-order valence-corrected chi connectivity index (χ4v) is 5.26. The number of aliphatic hydroxyl groups excluding tert-OH is 1. The zero-order valence-electron chi connectivity index (χ0n) is 24.4. The second-order valence-corrected chi connectivity index (χ2v) is 10.5. The van der Waals surface area contributed by atoms with Crippen LogP contribution in [0.15, 0.2) is 82.8 Å². The van der Waals surface area contributed by atoms with Crippen molar-refractivity contribution in [2.75, 3.05) is 34.5 Å². The maximum atomic E-state index is 14.0. The van der Waals surface area contributed by atoms with E-state index in [1.54, 1.807) is 51.7 Å². The van der Waals surface area contributed by atoms with E-state index in [1.165, 1.54) is 0 Å². The smallest absolute Gasteiger partial charge is 0.266 e. The van der Waals surface area contributed by atoms with Crippen molar-refractivity contribution in [2.24, 2.45) is 4.99 Å². The third-order valence-electron chi connectivity index (χ3n) is 6.89. The Balaban J connectivity index is 1.62. The number of carbonyl (C=O) groups excluding carboxylic acids is 1. The standard InChI is InChI=1S/C32H36BrN3O7/c1-5-15-32(31(38)36-34-20-21-18-26(39-2)28(41-4)27(19-21)40-3)29(24-9-6-7-10-25(24)33)43-30(35-32)22-11-13-23(14-12-22)42-17-8-16-37/h5-7,9-14,18-19,29,34,37H,1,8,15-17,20H2,2-4H3,(H,36,38)/t29-,32-/m0/s1. The second kappa shape index (κ2) is 14.9. The summed E-state index contributed by atoms with van der Waals surface area (Å²) in [5.41, 5.74) is 6.75. The largest absolute Gasteiger partial charge is 0.494 e. The van der Waals surface area contributed by atoms with Crippen LogP contribution in [0.1, 0.15) is 35.6 Å². The molecule has 11 heteroatoms. The molecule has 0 bridgehead atoms. The van der Waals surface area contributed by atoms with Gasteiger partial charge in [0.05, 0.1) is 27.9 Å². The number of aliphatic hydroxyl groups is 1. The number of nitrogens with zero attached hydrogens (tertiary/aromatic N) is 1. The maximum absolute atomic E-state index is 14.0. The van der Waals surface area contributed by atoms with Crippen LogP contribution >= 0.6 is 15.9 Å². The lowest BCUT2D eigenvalue weighted by atomic mass is 9.84. The van der Waals surface area contributed by atoms with E-state index in [-0.39, 0.29) is 25.5 Å². The van der Waals surface area contributed by atoms with Crippen LogP contribution in [0.5, 0.6) is 23.0 Å². The molecule has 0 saturated heterocycles. The average Bonchev–Trinajstić information content (AvgIpc) is 3.41. The van der Waals surface area contributed by atoms with Crippen LogP contribution in [0.4, 0.5) is 0 Å². The molecule has 1 amide bonds. The Labute approximate surface area is 259 Å². The summed E-state index contributed by atoms with van der Waals surface area (Å²) in [5.74, 6) is 2.08. The van der Waals surface area contributed by atoms with Gasteiger partial charge in [0.25, 0.3) is 5.91 Å². The number of hydrogen-bond donors (Lipinski definition) is 3. The molecule has 3 aromatic rings. The number of hydrazine groups is 1. The normalized spacial score (nSPS) is 17.4. The molecular formula is C32H36BrN3O7. The van der Waals surface area contributed by atoms with Crippen LogP contribution in [0.25, 0.3) is 0 Å². The van der Waals surface area contributed by atoms with Gasteiger partial charge < -0.3 is 28.8 Å². The van der Waals surface area contributed by atoms with E-state index >= 15 is 0 Å². The monoisotopic (exact) mass is 653 g/mol. The SMILES string of the molecule is C=CC[C@]1(C(=O)NNCc2cc(OC)c(OC)c(OC)c2)N=C(c2ccc(OCCCO)cc2)O[C@H]1c1ccccc1Br. The van der Waals surface area contributed by atoms with Gasteiger partial charge in [-0.05, 0) is 48.0 Å². The topological polar surface area (TPSA) is 120 Å². The Morgan fingerprint density at radius 3 is 2.40 bits per heavy atom. The molecule has 3 aromatic carbocycles. The quantitative estimate of drug-likeness (QED) is 0.121. The minimum absolute atomic E-state index is 0.0595. The van der Waals surface area contributed by atoms with E-state index in [9.17, 15) is 4.79 Å². The average molecular weight is 655 g/mol. The molecule has 0 fully saturated rings. The van der Waals surface area contributed by atoms with Crippen molar-refractivity contribution in [3.05, 3.63) is 94.5 Å². The second-order valence-electron chi connectivity index (χ2n) is 9.64. The molecule has 1 heterocycles. The third-order valence-corrected chi connectivity index (χ3v) is 7.61. The fourth-order valence-electron chi connectivity index (χ4n) is 4.77. The Bertz CT molecular complexity index is 1420. The summed E-state index contributed by atoms with van der Waals surface area (Å²) in [7, 11) is 4.63. The summed E-state index contributed by atoms with van der Waals surface area (Å²) in [4.78, 5) is 18.9. The lowest BCUT2D eigenvalue weighted by Crippen LogP contribution is -2.52. The highest BCUT2D eigenvalue weighted by Crippen LogP contribution is 2.45. The maximum Gasteiger partial charge on any atom is 0.266 e. The minimum atomic E-state index is -1.36. The first-order valence-electron chi connectivity index (χ1n) is 13.7. The van der Waals surface area contributed by atoms with E-state index in [0.29, 0.717) is 47.5 Å². The summed E-state index contributed by atoms with van der Waals surface area (Å²) in [6.07, 6.45) is 1.66. The number of methoxy groups -OCH3 is 3. The Hall–Kier alpha value is -4.06. The molecule has 0 spiro atoms. The number of rotatable bonds is 15. The molecule has 0 aliphatic carbocycles. The summed E-state index contributed by atoms with van der Waals surface area (Å²) >= 11 is 3.62. The first kappa shape index (κ1) is 31.9. The summed E-state index contributed by atoms with van der Waals surface area (Å²) < 4.78 is 29.2. The molecule has 2 atom stereocenters. The van der Waals surface area contributed by atoms with Gasteiger partial charge in [-0.3, -0.25) is 10.2 Å². The van der Waals surface area contributed by atoms with Crippen LogP contribution in [0.2, 0.25) is 0 Å². The van der Waals surface area contributed by atoms with Crippen LogP contribution in [-0.4, -0.2) is 57.0 Å². The first-order chi connectivity index (χ1) is 20.9. The summed E-state index contributed by atoms with van der Waals surface area (Å²) in [6, 6.07) is 18.5. The van der Waals surface area contributed by atoms with E-state index in [0.717, 1.165) is 15.6 Å². The molecule has 228 valence electrons. The Kier molecular flexibility index (Phi) is 11.0. The van der Waals surface area contributed by atoms with Gasteiger partial charge in [0, 0.05) is 41.6 Å². The van der Waals surface area contributed by atoms with Crippen molar-refractivity contribution in [1.29, 1.82) is 0 Å². The van der Waals surface area contributed by atoms with Gasteiger partial charge >= 0.3 is 0 Å². The van der Waals surface area contributed by atoms with E-state index < -0.39 is 11.6 Å². The van der Waals surface area contributed by atoms with Crippen molar-refractivity contribution >= 4 is 27.7 Å². The van der Waals surface area contributed by atoms with Crippen molar-refractivity contribution in [3.8, 4) is 23.0 Å². The summed E-state index contributed by atoms with van der Waals surface area (Å²) in [6.45, 7) is 4.65. The third kappa shape index (κ3) is 7.12. The van der Waals surface area contributed by atoms with Crippen LogP contribution < -0.4 is 29.8 Å². The number of halogens is 1. The van der Waals surface area contributed by atoms with E-state index in [4.69, 9.17) is 33.8 Å². The van der Waals surface area contributed by atoms with Gasteiger partial charge in [-0.1, -0.05) is 40.2 Å². The zero-order valence-corrected chi connectivity index (χ0v) is 26.0. The molecule has 1 aliphatic rings. The van der Waals surface area contributed by atoms with E-state index in [2.05, 4.69) is 33.4 Å². The van der Waals surface area contributed by atoms with Gasteiger partial charge in [-0.25, -0.2) is 10.4 Å². The number of benzene rings is 3. The molecule has 0 saturated carbocycles. The number of nitrogens with one attached hydrogen (secondary N) is 2. The highest BCUT2D eigenvalue weighted by Gasteiger charge is 2.53. The lowest BCUT2D eigenvalue weighted by Gasteiger charge is -2.30. The van der Waals surface area contributed by atoms with Crippen molar-refractivity contribution in [2.45, 2.75) is 31.0 Å². The van der Waals surface area contributed by atoms with Gasteiger partial charge in [-0.2, -0.15) is 0 Å². The molecule has 1 aliphatic heterocycles. The Morgan fingerprint density at radius 1 is 1.09 bits per heavy atom. The molecule has 0 radical (unpaired) electrons. The van der Waals surface area contributed by atoms with Crippen LogP contribution in [0, 0.1) is 0 Å². The van der Waals surface area contributed by atoms with E-state index in [1.807, 2.05) is 36.4 Å². The highest BCUT2D eigenvalue weighted by atomic mass is 79.9. The van der Waals surface area contributed by atoms with Gasteiger partial charge in [-0.15, -0.1) is 6.58 Å². The molecule has 3 N–H and O–H groups in total. The predicted molar refractivity (Wildman–Crippen MR) is 167 cm³/mol.